The molecule has 18 heavy (non-hydrogen) atoms. The van der Waals surface area contributed by atoms with E-state index in [2.05, 4.69) is 22.9 Å². The van der Waals surface area contributed by atoms with Crippen LogP contribution in [0, 0.1) is 12.8 Å². The van der Waals surface area contributed by atoms with Crippen LogP contribution in [-0.2, 0) is 14.3 Å². The molecule has 102 valence electrons. The second-order valence-corrected chi connectivity index (χ2v) is 6.87. The predicted molar refractivity (Wildman–Crippen MR) is 76.5 cm³/mol. The number of aryl methyl sites for hydroxylation is 1. The van der Waals surface area contributed by atoms with E-state index >= 15 is 0 Å². The molecule has 0 aromatic heterocycles. The molecule has 0 bridgehead atoms. The first-order chi connectivity index (χ1) is 8.45. The van der Waals surface area contributed by atoms with E-state index in [9.17, 15) is 8.42 Å². The third-order valence-electron chi connectivity index (χ3n) is 2.76. The fourth-order valence-corrected chi connectivity index (χ4v) is 3.17. The molecule has 1 atom stereocenters. The van der Waals surface area contributed by atoms with E-state index in [1.165, 1.54) is 0 Å². The van der Waals surface area contributed by atoms with Crippen molar-refractivity contribution in [2.75, 3.05) is 11.9 Å². The average molecular weight is 335 g/mol. The van der Waals surface area contributed by atoms with Crippen LogP contribution in [0.2, 0.25) is 0 Å². The normalized spacial score (nSPS) is 13.5. The molecule has 0 aliphatic heterocycles. The van der Waals surface area contributed by atoms with Crippen molar-refractivity contribution in [1.82, 2.24) is 0 Å². The third kappa shape index (κ3) is 5.08. The van der Waals surface area contributed by atoms with Crippen LogP contribution in [0.25, 0.3) is 0 Å². The number of hydrogen-bond acceptors (Lipinski definition) is 3. The van der Waals surface area contributed by atoms with Crippen molar-refractivity contribution >= 4 is 26.0 Å². The van der Waals surface area contributed by atoms with E-state index in [1.807, 2.05) is 6.92 Å². The minimum absolute atomic E-state index is 0.223. The minimum atomic E-state index is -3.60. The Hall–Kier alpha value is -0.390. The molecule has 0 saturated heterocycles. The topological polar surface area (TPSA) is 43.4 Å². The number of rotatable bonds is 7. The van der Waals surface area contributed by atoms with Crippen molar-refractivity contribution in [3.05, 3.63) is 29.8 Å². The lowest BCUT2D eigenvalue weighted by atomic mass is 10.1. The monoisotopic (exact) mass is 334 g/mol. The lowest BCUT2D eigenvalue weighted by molar-refractivity contribution is 0.285. The van der Waals surface area contributed by atoms with Gasteiger partial charge in [-0.15, -0.1) is 0 Å². The Bertz CT molecular complexity index is 454. The van der Waals surface area contributed by atoms with E-state index in [0.717, 1.165) is 23.7 Å². The molecule has 0 aliphatic carbocycles. The fraction of sp³-hybridized carbons (Fsp3) is 0.538. The van der Waals surface area contributed by atoms with Crippen LogP contribution in [0.1, 0.15) is 25.3 Å². The standard InChI is InChI=1S/C13H19BrO3S/c1-11-3-5-13(6-4-11)18(15,16)17-10-8-12(2)7-9-14/h3-6,12H,7-10H2,1-2H3. The first-order valence-corrected chi connectivity index (χ1v) is 8.50. The smallest absolute Gasteiger partial charge is 0.266 e. The first kappa shape index (κ1) is 15.7. The summed E-state index contributed by atoms with van der Waals surface area (Å²) in [7, 11) is -3.60. The molecule has 1 rings (SSSR count). The van der Waals surface area contributed by atoms with Crippen molar-refractivity contribution in [2.45, 2.75) is 31.6 Å². The van der Waals surface area contributed by atoms with Gasteiger partial charge in [-0.3, -0.25) is 4.18 Å². The van der Waals surface area contributed by atoms with Crippen molar-refractivity contribution in [3.63, 3.8) is 0 Å². The van der Waals surface area contributed by atoms with Gasteiger partial charge in [0.15, 0.2) is 0 Å². The number of alkyl halides is 1. The van der Waals surface area contributed by atoms with Gasteiger partial charge in [0, 0.05) is 5.33 Å². The highest BCUT2D eigenvalue weighted by Crippen LogP contribution is 2.15. The number of hydrogen-bond donors (Lipinski definition) is 0. The number of benzene rings is 1. The Balaban J connectivity index is 2.52. The highest BCUT2D eigenvalue weighted by molar-refractivity contribution is 9.09. The highest BCUT2D eigenvalue weighted by Gasteiger charge is 2.15. The fourth-order valence-electron chi connectivity index (χ4n) is 1.46. The summed E-state index contributed by atoms with van der Waals surface area (Å²) in [6, 6.07) is 6.69. The van der Waals surface area contributed by atoms with Crippen LogP contribution in [-0.4, -0.2) is 20.4 Å². The van der Waals surface area contributed by atoms with Gasteiger partial charge in [-0.2, -0.15) is 8.42 Å². The third-order valence-corrected chi connectivity index (χ3v) is 4.55. The molecule has 0 fully saturated rings. The van der Waals surface area contributed by atoms with Crippen LogP contribution in [0.15, 0.2) is 29.2 Å². The molecule has 0 radical (unpaired) electrons. The van der Waals surface area contributed by atoms with Gasteiger partial charge >= 0.3 is 0 Å². The zero-order valence-electron chi connectivity index (χ0n) is 10.7. The summed E-state index contributed by atoms with van der Waals surface area (Å²) in [6.07, 6.45) is 1.77. The number of halogens is 1. The molecule has 5 heteroatoms. The summed E-state index contributed by atoms with van der Waals surface area (Å²) in [4.78, 5) is 0.223. The van der Waals surface area contributed by atoms with Gasteiger partial charge < -0.3 is 0 Å². The second kappa shape index (κ2) is 7.26. The van der Waals surface area contributed by atoms with E-state index in [1.54, 1.807) is 24.3 Å². The Kier molecular flexibility index (Phi) is 6.32. The molecule has 1 unspecified atom stereocenters. The zero-order chi connectivity index (χ0) is 13.6. The van der Waals surface area contributed by atoms with Crippen LogP contribution in [0.3, 0.4) is 0 Å². The molecular formula is C13H19BrO3S. The Morgan fingerprint density at radius 1 is 1.22 bits per heavy atom. The molecule has 0 heterocycles. The molecule has 3 nitrogen and oxygen atoms in total. The van der Waals surface area contributed by atoms with Gasteiger partial charge in [-0.25, -0.2) is 0 Å². The van der Waals surface area contributed by atoms with E-state index in [-0.39, 0.29) is 11.5 Å². The average Bonchev–Trinajstić information content (AvgIpc) is 2.29. The quantitative estimate of drug-likeness (QED) is 0.566. The van der Waals surface area contributed by atoms with Gasteiger partial charge in [0.2, 0.25) is 0 Å². The summed E-state index contributed by atoms with van der Waals surface area (Å²) < 4.78 is 28.7. The van der Waals surface area contributed by atoms with E-state index in [4.69, 9.17) is 4.18 Å². The Morgan fingerprint density at radius 3 is 2.39 bits per heavy atom. The van der Waals surface area contributed by atoms with Crippen LogP contribution in [0.4, 0.5) is 0 Å². The summed E-state index contributed by atoms with van der Waals surface area (Å²) in [5.74, 6) is 0.456. The van der Waals surface area contributed by atoms with Gasteiger partial charge in [0.1, 0.15) is 0 Å². The second-order valence-electron chi connectivity index (χ2n) is 4.46. The van der Waals surface area contributed by atoms with Gasteiger partial charge in [0.25, 0.3) is 10.1 Å². The Morgan fingerprint density at radius 2 is 1.83 bits per heavy atom. The minimum Gasteiger partial charge on any atom is -0.266 e. The lowest BCUT2D eigenvalue weighted by Crippen LogP contribution is -2.10. The van der Waals surface area contributed by atoms with Crippen LogP contribution >= 0.6 is 15.9 Å². The molecule has 1 aromatic carbocycles. The predicted octanol–water partition coefficient (Wildman–Crippen LogP) is 3.51. The molecule has 0 amide bonds. The first-order valence-electron chi connectivity index (χ1n) is 5.98. The SMILES string of the molecule is Cc1ccc(S(=O)(=O)OCCC(C)CCBr)cc1. The van der Waals surface area contributed by atoms with Crippen molar-refractivity contribution in [3.8, 4) is 0 Å². The van der Waals surface area contributed by atoms with E-state index in [0.29, 0.717) is 5.92 Å². The van der Waals surface area contributed by atoms with Crippen molar-refractivity contribution in [1.29, 1.82) is 0 Å². The van der Waals surface area contributed by atoms with Crippen LogP contribution < -0.4 is 0 Å². The molecule has 0 spiro atoms. The summed E-state index contributed by atoms with van der Waals surface area (Å²) >= 11 is 3.37. The largest absolute Gasteiger partial charge is 0.296 e. The van der Waals surface area contributed by atoms with Crippen LogP contribution in [0.5, 0.6) is 0 Å². The maximum atomic E-state index is 11.9. The van der Waals surface area contributed by atoms with Gasteiger partial charge in [-0.1, -0.05) is 40.5 Å². The molecule has 1 aromatic rings. The summed E-state index contributed by atoms with van der Waals surface area (Å²) in [5.41, 5.74) is 1.03. The molecular weight excluding hydrogens is 316 g/mol. The maximum Gasteiger partial charge on any atom is 0.296 e. The molecule has 0 saturated carbocycles. The Labute approximate surface area is 118 Å². The molecule has 0 N–H and O–H groups in total. The molecule has 0 aliphatic rings. The lowest BCUT2D eigenvalue weighted by Gasteiger charge is -2.10. The summed E-state index contributed by atoms with van der Waals surface area (Å²) in [6.45, 7) is 4.24. The zero-order valence-corrected chi connectivity index (χ0v) is 13.1. The van der Waals surface area contributed by atoms with Gasteiger partial charge in [0.05, 0.1) is 11.5 Å². The summed E-state index contributed by atoms with van der Waals surface area (Å²) in [5, 5.41) is 0.929. The van der Waals surface area contributed by atoms with Gasteiger partial charge in [-0.05, 0) is 37.8 Å². The maximum absolute atomic E-state index is 11.9. The van der Waals surface area contributed by atoms with E-state index < -0.39 is 10.1 Å². The van der Waals surface area contributed by atoms with Crippen molar-refractivity contribution < 1.29 is 12.6 Å². The van der Waals surface area contributed by atoms with Crippen molar-refractivity contribution in [2.24, 2.45) is 5.92 Å². The highest BCUT2D eigenvalue weighted by atomic mass is 79.9.